The summed E-state index contributed by atoms with van der Waals surface area (Å²) in [6.45, 7) is 4.97. The van der Waals surface area contributed by atoms with Gasteiger partial charge in [-0.15, -0.1) is 15.6 Å². The molecule has 1 atom stereocenters. The van der Waals surface area contributed by atoms with E-state index < -0.39 is 33.5 Å². The predicted octanol–water partition coefficient (Wildman–Crippen LogP) is 3.17. The van der Waals surface area contributed by atoms with Gasteiger partial charge < -0.3 is 4.84 Å². The number of oxime groups is 1. The van der Waals surface area contributed by atoms with Crippen LogP contribution in [0.15, 0.2) is 40.9 Å². The van der Waals surface area contributed by atoms with Gasteiger partial charge >= 0.3 is 10.4 Å². The lowest BCUT2D eigenvalue weighted by Gasteiger charge is -2.50. The van der Waals surface area contributed by atoms with E-state index in [1.807, 2.05) is 6.92 Å². The Balaban J connectivity index is 0.00000272. The number of amides is 1. The number of para-hydroxylation sites is 1. The summed E-state index contributed by atoms with van der Waals surface area (Å²) in [7, 11) is -4.87. The molecule has 0 bridgehead atoms. The highest BCUT2D eigenvalue weighted by Crippen LogP contribution is 2.40. The van der Waals surface area contributed by atoms with E-state index in [2.05, 4.69) is 14.4 Å². The summed E-state index contributed by atoms with van der Waals surface area (Å²) in [5.74, 6) is -1.70. The quantitative estimate of drug-likeness (QED) is 0.232. The Morgan fingerprint density at radius 2 is 1.94 bits per heavy atom. The minimum absolute atomic E-state index is 0. The summed E-state index contributed by atoms with van der Waals surface area (Å²) in [5.41, 5.74) is -0.860. The fourth-order valence-electron chi connectivity index (χ4n) is 3.05. The van der Waals surface area contributed by atoms with Gasteiger partial charge in [0, 0.05) is 11.8 Å². The zero-order valence-corrected chi connectivity index (χ0v) is 20.1. The maximum absolute atomic E-state index is 13.1. The molecule has 1 aliphatic heterocycles. The van der Waals surface area contributed by atoms with E-state index >= 15 is 0 Å². The first-order valence-corrected chi connectivity index (χ1v) is 11.6. The molecule has 10 nitrogen and oxygen atoms in total. The van der Waals surface area contributed by atoms with Crippen molar-refractivity contribution in [3.8, 4) is 5.75 Å². The minimum atomic E-state index is -4.87. The van der Waals surface area contributed by atoms with Crippen LogP contribution in [0, 0.1) is 5.92 Å². The smallest absolute Gasteiger partial charge is 0.356 e. The summed E-state index contributed by atoms with van der Waals surface area (Å²) in [6, 6.07) is 8.66. The van der Waals surface area contributed by atoms with Crippen molar-refractivity contribution in [3.05, 3.63) is 46.4 Å². The molecule has 1 saturated heterocycles. The topological polar surface area (TPSA) is 135 Å². The maximum atomic E-state index is 13.1. The first-order chi connectivity index (χ1) is 14.5. The van der Waals surface area contributed by atoms with E-state index in [-0.39, 0.29) is 33.1 Å². The number of aromatic nitrogens is 1. The minimum Gasteiger partial charge on any atom is -0.356 e. The van der Waals surface area contributed by atoms with Crippen molar-refractivity contribution in [2.24, 2.45) is 11.1 Å². The van der Waals surface area contributed by atoms with Gasteiger partial charge in [0.25, 0.3) is 5.91 Å². The van der Waals surface area contributed by atoms with E-state index in [4.69, 9.17) is 9.39 Å². The van der Waals surface area contributed by atoms with E-state index in [1.165, 1.54) is 25.2 Å². The Bertz CT molecular complexity index is 1110. The van der Waals surface area contributed by atoms with Crippen LogP contribution in [0.5, 0.6) is 5.75 Å². The van der Waals surface area contributed by atoms with Crippen LogP contribution in [0.25, 0.3) is 0 Å². The molecule has 182 valence electrons. The predicted molar refractivity (Wildman–Crippen MR) is 129 cm³/mol. The second-order valence-corrected chi connectivity index (χ2v) is 9.24. The van der Waals surface area contributed by atoms with Crippen LogP contribution in [-0.2, 0) is 30.7 Å². The number of nitrogens with zero attached hydrogens (tertiary/aromatic N) is 3. The summed E-state index contributed by atoms with van der Waals surface area (Å²) in [4.78, 5) is 35.2. The highest BCUT2D eigenvalue weighted by molar-refractivity contribution is 7.80. The number of thiazole rings is 1. The molecule has 1 aliphatic rings. The molecule has 1 unspecified atom stereocenters. The molecule has 2 heterocycles. The molecular weight excluding hydrogens is 490 g/mol. The van der Waals surface area contributed by atoms with Gasteiger partial charge in [-0.25, -0.2) is 4.98 Å². The average molecular weight is 518 g/mol. The van der Waals surface area contributed by atoms with Crippen molar-refractivity contribution >= 4 is 52.6 Å². The number of hydrogen-bond donors (Lipinski definition) is 1. The Hall–Kier alpha value is -2.32. The van der Waals surface area contributed by atoms with Gasteiger partial charge in [0.05, 0.1) is 16.5 Å². The molecule has 1 amide bonds. The number of hydroxylamine groups is 2. The molecule has 3 rings (SSSR count). The molecule has 1 N–H and O–H groups in total. The molecule has 1 aromatic heterocycles. The van der Waals surface area contributed by atoms with Crippen LogP contribution in [0.1, 0.15) is 45.3 Å². The molecule has 0 saturated carbocycles. The number of carbonyl (C=O) groups excluding carboxylic acids is 2. The SMILES string of the molecule is C.CCc1nc(/C(=N/Oc2ccccc2)C(=O)CC2C(=O)N(OS(=O)(=O)O)C2(C)C)cs1.S. The first kappa shape index (κ1) is 28.7. The molecule has 13 heteroatoms. The Morgan fingerprint density at radius 3 is 2.45 bits per heavy atom. The number of benzene rings is 1. The number of rotatable bonds is 9. The Labute approximate surface area is 204 Å². The van der Waals surface area contributed by atoms with E-state index in [1.54, 1.807) is 35.7 Å². The van der Waals surface area contributed by atoms with Gasteiger partial charge in [0.15, 0.2) is 17.2 Å². The molecule has 0 radical (unpaired) electrons. The number of carbonyl (C=O) groups is 2. The third-order valence-electron chi connectivity index (χ3n) is 4.78. The molecule has 0 spiro atoms. The zero-order chi connectivity index (χ0) is 22.8. The van der Waals surface area contributed by atoms with Crippen molar-refractivity contribution < 1.29 is 31.7 Å². The van der Waals surface area contributed by atoms with Gasteiger partial charge in [-0.3, -0.25) is 14.1 Å². The average Bonchev–Trinajstić information content (AvgIpc) is 3.19. The lowest BCUT2D eigenvalue weighted by molar-refractivity contribution is -0.228. The standard InChI is InChI=1S/C19H21N3O7S2.CH4.H2S/c1-4-16-20-14(11-30-16)17(21-28-12-8-6-5-7-9-12)15(23)10-13-18(24)22(19(13,2)3)29-31(25,26)27;;/h5-9,11,13H,4,10H2,1-3H3,(H,25,26,27);1H4;1H2/b21-17-;;. The van der Waals surface area contributed by atoms with Crippen LogP contribution in [0.2, 0.25) is 0 Å². The number of ketones is 1. The number of β-lactam (4-membered cyclic amide) rings is 1. The highest BCUT2D eigenvalue weighted by Gasteiger charge is 2.57. The fraction of sp³-hybridized carbons (Fsp3) is 0.400. The third-order valence-corrected chi connectivity index (χ3v) is 6.11. The van der Waals surface area contributed by atoms with Crippen molar-refractivity contribution in [1.29, 1.82) is 0 Å². The van der Waals surface area contributed by atoms with E-state index in [9.17, 15) is 18.0 Å². The van der Waals surface area contributed by atoms with Crippen LogP contribution < -0.4 is 4.84 Å². The van der Waals surface area contributed by atoms with Gasteiger partial charge in [-0.05, 0) is 32.4 Å². The second-order valence-electron chi connectivity index (χ2n) is 7.29. The monoisotopic (exact) mass is 517 g/mol. The van der Waals surface area contributed by atoms with E-state index in [0.717, 1.165) is 5.01 Å². The number of Topliss-reactive ketones (excluding diaryl/α,β-unsaturated/α-hetero) is 1. The van der Waals surface area contributed by atoms with Crippen molar-refractivity contribution in [2.45, 2.75) is 46.6 Å². The number of aryl methyl sites for hydroxylation is 1. The summed E-state index contributed by atoms with van der Waals surface area (Å²) < 4.78 is 35.1. The highest BCUT2D eigenvalue weighted by atomic mass is 32.3. The molecule has 2 aromatic rings. The van der Waals surface area contributed by atoms with Crippen LogP contribution in [-0.4, -0.2) is 46.0 Å². The molecule has 0 aliphatic carbocycles. The lowest BCUT2D eigenvalue weighted by Crippen LogP contribution is -2.68. The Morgan fingerprint density at radius 1 is 1.30 bits per heavy atom. The van der Waals surface area contributed by atoms with Crippen LogP contribution in [0.4, 0.5) is 0 Å². The fourth-order valence-corrected chi connectivity index (χ4v) is 4.24. The first-order valence-electron chi connectivity index (χ1n) is 9.32. The second kappa shape index (κ2) is 11.2. The van der Waals surface area contributed by atoms with Gasteiger partial charge in [0.2, 0.25) is 0 Å². The lowest BCUT2D eigenvalue weighted by atomic mass is 9.74. The molecule has 1 fully saturated rings. The maximum Gasteiger partial charge on any atom is 0.418 e. The van der Waals surface area contributed by atoms with Crippen molar-refractivity contribution in [2.75, 3.05) is 0 Å². The number of hydrogen-bond acceptors (Lipinski definition) is 9. The van der Waals surface area contributed by atoms with Crippen molar-refractivity contribution in [1.82, 2.24) is 10.0 Å². The van der Waals surface area contributed by atoms with Crippen LogP contribution in [0.3, 0.4) is 0 Å². The molecular formula is C20H27N3O7S3. The van der Waals surface area contributed by atoms with Gasteiger partial charge in [-0.2, -0.15) is 27.0 Å². The van der Waals surface area contributed by atoms with Gasteiger partial charge in [0.1, 0.15) is 5.69 Å². The van der Waals surface area contributed by atoms with Crippen LogP contribution >= 0.6 is 24.8 Å². The normalized spacial score (nSPS) is 17.5. The summed E-state index contributed by atoms with van der Waals surface area (Å²) >= 11 is 1.37. The summed E-state index contributed by atoms with van der Waals surface area (Å²) in [5, 5.41) is 7.03. The molecule has 33 heavy (non-hydrogen) atoms. The largest absolute Gasteiger partial charge is 0.418 e. The Kier molecular flexibility index (Phi) is 9.75. The summed E-state index contributed by atoms with van der Waals surface area (Å²) in [6.07, 6.45) is 0.412. The molecule has 1 aromatic carbocycles. The van der Waals surface area contributed by atoms with Crippen molar-refractivity contribution in [3.63, 3.8) is 0 Å². The van der Waals surface area contributed by atoms with Gasteiger partial charge in [-0.1, -0.05) is 37.7 Å². The zero-order valence-electron chi connectivity index (χ0n) is 17.5. The third kappa shape index (κ3) is 6.60. The van der Waals surface area contributed by atoms with E-state index in [0.29, 0.717) is 22.9 Å².